The van der Waals surface area contributed by atoms with E-state index < -0.39 is 29.5 Å². The van der Waals surface area contributed by atoms with Gasteiger partial charge in [0.05, 0.1) is 11.6 Å². The highest BCUT2D eigenvalue weighted by Gasteiger charge is 2.31. The highest BCUT2D eigenvalue weighted by atomic mass is 19.4. The molecule has 5 nitrogen and oxygen atoms in total. The van der Waals surface area contributed by atoms with E-state index >= 15 is 0 Å². The third kappa shape index (κ3) is 7.86. The molecule has 0 radical (unpaired) electrons. The van der Waals surface area contributed by atoms with E-state index in [-0.39, 0.29) is 30.8 Å². The quantitative estimate of drug-likeness (QED) is 0.773. The molecule has 0 aliphatic carbocycles. The number of methoxy groups -OCH3 is 1. The lowest BCUT2D eigenvalue weighted by atomic mass is 9.98. The van der Waals surface area contributed by atoms with E-state index in [1.165, 1.54) is 19.2 Å². The zero-order valence-corrected chi connectivity index (χ0v) is 15.3. The third-order valence-electron chi connectivity index (χ3n) is 3.32. The topological polar surface area (TPSA) is 64.6 Å². The van der Waals surface area contributed by atoms with Crippen LogP contribution in [-0.4, -0.2) is 31.2 Å². The van der Waals surface area contributed by atoms with Gasteiger partial charge in [-0.05, 0) is 44.9 Å². The Hall–Kier alpha value is -2.09. The van der Waals surface area contributed by atoms with Gasteiger partial charge in [0.1, 0.15) is 12.2 Å². The van der Waals surface area contributed by atoms with E-state index in [0.717, 1.165) is 12.1 Å². The van der Waals surface area contributed by atoms with Crippen molar-refractivity contribution < 1.29 is 32.2 Å². The Morgan fingerprint density at radius 2 is 1.85 bits per heavy atom. The maximum absolute atomic E-state index is 12.9. The predicted octanol–water partition coefficient (Wildman–Crippen LogP) is 4.27. The molecule has 0 spiro atoms. The Labute approximate surface area is 150 Å². The molecule has 0 unspecified atom stereocenters. The molecule has 0 saturated heterocycles. The standard InChI is InChI=1S/C18H24F3NO4/c1-17(2,3)26-16(24)22-15(9-8-14(23)11-25-4)12-6-5-7-13(10-12)18(19,20)21/h5-7,10,15H,8-9,11H2,1-4H3,(H,22,24)/t15-/m0/s1. The van der Waals surface area contributed by atoms with Crippen molar-refractivity contribution in [2.45, 2.75) is 51.4 Å². The summed E-state index contributed by atoms with van der Waals surface area (Å²) in [5.41, 5.74) is -1.33. The van der Waals surface area contributed by atoms with E-state index in [1.54, 1.807) is 20.8 Å². The summed E-state index contributed by atoms with van der Waals surface area (Å²) in [4.78, 5) is 23.7. The van der Waals surface area contributed by atoms with E-state index in [1.807, 2.05) is 0 Å². The van der Waals surface area contributed by atoms with Crippen LogP contribution in [0, 0.1) is 0 Å². The minimum Gasteiger partial charge on any atom is -0.444 e. The third-order valence-corrected chi connectivity index (χ3v) is 3.32. The first-order valence-electron chi connectivity index (χ1n) is 8.09. The summed E-state index contributed by atoms with van der Waals surface area (Å²) in [5.74, 6) is -0.213. The maximum Gasteiger partial charge on any atom is 0.416 e. The summed E-state index contributed by atoms with van der Waals surface area (Å²) in [7, 11) is 1.38. The van der Waals surface area contributed by atoms with Crippen LogP contribution < -0.4 is 5.32 Å². The molecular formula is C18H24F3NO4. The van der Waals surface area contributed by atoms with Crippen molar-refractivity contribution in [3.05, 3.63) is 35.4 Å². The largest absolute Gasteiger partial charge is 0.444 e. The average Bonchev–Trinajstić information content (AvgIpc) is 2.49. The molecule has 0 aromatic heterocycles. The Morgan fingerprint density at radius 3 is 2.38 bits per heavy atom. The van der Waals surface area contributed by atoms with Gasteiger partial charge in [0.2, 0.25) is 0 Å². The monoisotopic (exact) mass is 375 g/mol. The molecule has 1 amide bonds. The SMILES string of the molecule is COCC(=O)CC[C@H](NC(=O)OC(C)(C)C)c1cccc(C(F)(F)F)c1. The van der Waals surface area contributed by atoms with E-state index in [2.05, 4.69) is 5.32 Å². The molecule has 0 aliphatic rings. The van der Waals surface area contributed by atoms with Gasteiger partial charge in [-0.15, -0.1) is 0 Å². The first-order chi connectivity index (χ1) is 11.9. The number of nitrogens with one attached hydrogen (secondary N) is 1. The maximum atomic E-state index is 12.9. The number of carbonyl (C=O) groups excluding carboxylic acids is 2. The van der Waals surface area contributed by atoms with Gasteiger partial charge in [0.15, 0.2) is 5.78 Å². The van der Waals surface area contributed by atoms with Crippen molar-refractivity contribution >= 4 is 11.9 Å². The minimum atomic E-state index is -4.50. The van der Waals surface area contributed by atoms with Gasteiger partial charge in [-0.3, -0.25) is 4.79 Å². The molecule has 0 aliphatic heterocycles. The number of rotatable bonds is 7. The number of Topliss-reactive ketones (excluding diaryl/α,β-unsaturated/α-hetero) is 1. The molecule has 0 saturated carbocycles. The van der Waals surface area contributed by atoms with Crippen LogP contribution in [0.25, 0.3) is 0 Å². The second kappa shape index (κ2) is 9.02. The van der Waals surface area contributed by atoms with Gasteiger partial charge >= 0.3 is 12.3 Å². The Kier molecular flexibility index (Phi) is 7.62. The fraction of sp³-hybridized carbons (Fsp3) is 0.556. The number of ketones is 1. The molecule has 26 heavy (non-hydrogen) atoms. The van der Waals surface area contributed by atoms with Gasteiger partial charge in [-0.25, -0.2) is 4.79 Å². The molecule has 0 fully saturated rings. The lowest BCUT2D eigenvalue weighted by Gasteiger charge is -2.24. The second-order valence-electron chi connectivity index (χ2n) is 6.83. The van der Waals surface area contributed by atoms with Crippen LogP contribution in [0.4, 0.5) is 18.0 Å². The number of ether oxygens (including phenoxy) is 2. The number of benzene rings is 1. The van der Waals surface area contributed by atoms with Crippen molar-refractivity contribution in [2.75, 3.05) is 13.7 Å². The number of carbonyl (C=O) groups is 2. The highest BCUT2D eigenvalue weighted by Crippen LogP contribution is 2.31. The predicted molar refractivity (Wildman–Crippen MR) is 89.7 cm³/mol. The second-order valence-corrected chi connectivity index (χ2v) is 6.83. The molecule has 1 N–H and O–H groups in total. The first kappa shape index (κ1) is 22.0. The molecule has 0 bridgehead atoms. The van der Waals surface area contributed by atoms with Crippen molar-refractivity contribution in [3.8, 4) is 0 Å². The zero-order valence-electron chi connectivity index (χ0n) is 15.3. The Balaban J connectivity index is 2.99. The first-order valence-corrected chi connectivity index (χ1v) is 8.09. The molecule has 0 heterocycles. The zero-order chi connectivity index (χ0) is 20.0. The lowest BCUT2D eigenvalue weighted by Crippen LogP contribution is -2.35. The summed E-state index contributed by atoms with van der Waals surface area (Å²) in [6.07, 6.45) is -5.09. The molecule has 1 aromatic rings. The number of alkyl halides is 3. The molecule has 146 valence electrons. The van der Waals surface area contributed by atoms with Gasteiger partial charge in [-0.2, -0.15) is 13.2 Å². The van der Waals surface area contributed by atoms with Crippen molar-refractivity contribution in [1.29, 1.82) is 0 Å². The number of hydrogen-bond donors (Lipinski definition) is 1. The molecule has 1 aromatic carbocycles. The van der Waals surface area contributed by atoms with E-state index in [4.69, 9.17) is 9.47 Å². The summed E-state index contributed by atoms with van der Waals surface area (Å²) in [6, 6.07) is 3.84. The molecule has 1 rings (SSSR count). The van der Waals surface area contributed by atoms with Crippen LogP contribution in [0.1, 0.15) is 50.8 Å². The van der Waals surface area contributed by atoms with Crippen LogP contribution in [-0.2, 0) is 20.4 Å². The van der Waals surface area contributed by atoms with Crippen LogP contribution in [0.5, 0.6) is 0 Å². The minimum absolute atomic E-state index is 0.0462. The lowest BCUT2D eigenvalue weighted by molar-refractivity contribution is -0.137. The molecule has 8 heteroatoms. The van der Waals surface area contributed by atoms with Gasteiger partial charge in [0, 0.05) is 13.5 Å². The Bertz CT molecular complexity index is 624. The number of amides is 1. The fourth-order valence-electron chi connectivity index (χ4n) is 2.24. The van der Waals surface area contributed by atoms with Crippen molar-refractivity contribution in [1.82, 2.24) is 5.32 Å². The van der Waals surface area contributed by atoms with Gasteiger partial charge in [0.25, 0.3) is 0 Å². The van der Waals surface area contributed by atoms with Gasteiger partial charge < -0.3 is 14.8 Å². The number of alkyl carbamates (subject to hydrolysis) is 1. The van der Waals surface area contributed by atoms with Crippen LogP contribution in [0.15, 0.2) is 24.3 Å². The highest BCUT2D eigenvalue weighted by molar-refractivity contribution is 5.79. The Morgan fingerprint density at radius 1 is 1.19 bits per heavy atom. The van der Waals surface area contributed by atoms with E-state index in [0.29, 0.717) is 0 Å². The average molecular weight is 375 g/mol. The van der Waals surface area contributed by atoms with Crippen LogP contribution in [0.2, 0.25) is 0 Å². The van der Waals surface area contributed by atoms with E-state index in [9.17, 15) is 22.8 Å². The van der Waals surface area contributed by atoms with Crippen LogP contribution >= 0.6 is 0 Å². The van der Waals surface area contributed by atoms with Crippen molar-refractivity contribution in [3.63, 3.8) is 0 Å². The van der Waals surface area contributed by atoms with Gasteiger partial charge in [-0.1, -0.05) is 12.1 Å². The van der Waals surface area contributed by atoms with Crippen molar-refractivity contribution in [2.24, 2.45) is 0 Å². The number of halogens is 3. The van der Waals surface area contributed by atoms with Crippen LogP contribution in [0.3, 0.4) is 0 Å². The summed E-state index contributed by atoms with van der Waals surface area (Å²) in [6.45, 7) is 4.93. The fourth-order valence-corrected chi connectivity index (χ4v) is 2.24. The summed E-state index contributed by atoms with van der Waals surface area (Å²) < 4.78 is 48.7. The summed E-state index contributed by atoms with van der Waals surface area (Å²) in [5, 5.41) is 2.54. The summed E-state index contributed by atoms with van der Waals surface area (Å²) >= 11 is 0. The molecule has 1 atom stereocenters. The smallest absolute Gasteiger partial charge is 0.416 e. The molecular weight excluding hydrogens is 351 g/mol. The normalized spacial score (nSPS) is 13.2. The number of hydrogen-bond acceptors (Lipinski definition) is 4.